The van der Waals surface area contributed by atoms with Crippen LogP contribution in [-0.2, 0) is 22.1 Å². The molecule has 1 saturated carbocycles. The number of hydrogen-bond acceptors (Lipinski definition) is 4. The smallest absolute Gasteiger partial charge is 0.410 e. The van der Waals surface area contributed by atoms with Gasteiger partial charge in [-0.05, 0) is 52.5 Å². The van der Waals surface area contributed by atoms with Crippen molar-refractivity contribution in [2.45, 2.75) is 45.8 Å². The van der Waals surface area contributed by atoms with Crippen molar-refractivity contribution in [3.63, 3.8) is 0 Å². The molecule has 0 spiro atoms. The molecule has 2 heterocycles. The second-order valence-corrected chi connectivity index (χ2v) is 10.4. The fourth-order valence-electron chi connectivity index (χ4n) is 4.59. The molecule has 2 aromatic rings. The Bertz CT molecular complexity index is 1010. The predicted octanol–water partition coefficient (Wildman–Crippen LogP) is 3.69. The average Bonchev–Trinajstić information content (AvgIpc) is 2.95. The van der Waals surface area contributed by atoms with Gasteiger partial charge in [-0.2, -0.15) is 5.10 Å². The average molecular weight is 433 g/mol. The maximum absolute atomic E-state index is 13.0. The van der Waals surface area contributed by atoms with Crippen LogP contribution in [0.25, 0.3) is 10.9 Å². The molecule has 1 aliphatic carbocycles. The van der Waals surface area contributed by atoms with Gasteiger partial charge in [0.05, 0.1) is 21.8 Å². The van der Waals surface area contributed by atoms with E-state index in [4.69, 9.17) is 16.3 Å². The molecule has 1 N–H and O–H groups in total. The summed E-state index contributed by atoms with van der Waals surface area (Å²) in [6, 6.07) is 5.70. The summed E-state index contributed by atoms with van der Waals surface area (Å²) in [5.41, 5.74) is 0.479. The summed E-state index contributed by atoms with van der Waals surface area (Å²) in [4.78, 5) is 27.0. The first-order valence-corrected chi connectivity index (χ1v) is 10.7. The van der Waals surface area contributed by atoms with E-state index in [1.165, 1.54) is 0 Å². The number of piperidine rings is 1. The Kier molecular flexibility index (Phi) is 4.80. The molecule has 1 unspecified atom stereocenters. The molecular formula is C22H29ClN4O3. The lowest BCUT2D eigenvalue weighted by molar-refractivity contribution is -0.125. The zero-order chi connectivity index (χ0) is 22.0. The molecule has 3 atom stereocenters. The van der Waals surface area contributed by atoms with E-state index < -0.39 is 11.1 Å². The highest BCUT2D eigenvalue weighted by atomic mass is 35.5. The molecule has 1 aliphatic heterocycles. The molecular weight excluding hydrogens is 404 g/mol. The Morgan fingerprint density at radius 1 is 1.17 bits per heavy atom. The van der Waals surface area contributed by atoms with Gasteiger partial charge in [-0.15, -0.1) is 0 Å². The second kappa shape index (κ2) is 6.87. The standard InChI is InChI=1S/C22H29ClN4O3/c1-21(2,3)30-20(29)27-10-13-14(11-27)16(13)19(28)24-22(4,5)18-12-8-7-9-15(23)17(12)26(6)25-18/h7-9,13-14,16H,10-11H2,1-6H3,(H,24,28)/t13-,14+,16?. The van der Waals surface area contributed by atoms with Crippen LogP contribution in [0.15, 0.2) is 18.2 Å². The number of benzene rings is 1. The van der Waals surface area contributed by atoms with E-state index in [0.717, 1.165) is 16.6 Å². The van der Waals surface area contributed by atoms with Gasteiger partial charge in [-0.25, -0.2) is 4.79 Å². The van der Waals surface area contributed by atoms with Crippen LogP contribution in [0.5, 0.6) is 0 Å². The van der Waals surface area contributed by atoms with Crippen molar-refractivity contribution in [1.82, 2.24) is 20.0 Å². The van der Waals surface area contributed by atoms with Gasteiger partial charge in [-0.1, -0.05) is 23.7 Å². The molecule has 162 valence electrons. The summed E-state index contributed by atoms with van der Waals surface area (Å²) < 4.78 is 7.20. The van der Waals surface area contributed by atoms with Crippen LogP contribution >= 0.6 is 11.6 Å². The van der Waals surface area contributed by atoms with Crippen LogP contribution in [0, 0.1) is 17.8 Å². The van der Waals surface area contributed by atoms with Crippen LogP contribution in [0.4, 0.5) is 4.79 Å². The fraction of sp³-hybridized carbons (Fsp3) is 0.591. The lowest BCUT2D eigenvalue weighted by atomic mass is 9.96. The maximum atomic E-state index is 13.0. The first-order chi connectivity index (χ1) is 13.9. The van der Waals surface area contributed by atoms with Crippen LogP contribution in [0.1, 0.15) is 40.3 Å². The van der Waals surface area contributed by atoms with Gasteiger partial charge in [0.25, 0.3) is 0 Å². The number of halogens is 1. The molecule has 1 aromatic heterocycles. The van der Waals surface area contributed by atoms with Gasteiger partial charge in [0.15, 0.2) is 0 Å². The molecule has 7 nitrogen and oxygen atoms in total. The molecule has 1 saturated heterocycles. The molecule has 4 rings (SSSR count). The Balaban J connectivity index is 1.43. The third-order valence-corrected chi connectivity index (χ3v) is 6.30. The number of amides is 2. The first kappa shape index (κ1) is 21.0. The zero-order valence-corrected chi connectivity index (χ0v) is 19.1. The summed E-state index contributed by atoms with van der Waals surface area (Å²) in [7, 11) is 1.85. The molecule has 30 heavy (non-hydrogen) atoms. The third-order valence-electron chi connectivity index (χ3n) is 5.99. The van der Waals surface area contributed by atoms with Gasteiger partial charge in [0.2, 0.25) is 5.91 Å². The van der Waals surface area contributed by atoms with Gasteiger partial charge in [-0.3, -0.25) is 9.48 Å². The van der Waals surface area contributed by atoms with Gasteiger partial charge in [0.1, 0.15) is 5.60 Å². The number of carbonyl (C=O) groups excluding carboxylic acids is 2. The number of likely N-dealkylation sites (tertiary alicyclic amines) is 1. The van der Waals surface area contributed by atoms with E-state index in [9.17, 15) is 9.59 Å². The molecule has 0 bridgehead atoms. The highest BCUT2D eigenvalue weighted by Crippen LogP contribution is 2.52. The lowest BCUT2D eigenvalue weighted by Crippen LogP contribution is -2.44. The number of hydrogen-bond donors (Lipinski definition) is 1. The number of carbonyl (C=O) groups is 2. The van der Waals surface area contributed by atoms with Crippen LogP contribution in [0.2, 0.25) is 5.02 Å². The van der Waals surface area contributed by atoms with E-state index in [1.807, 2.05) is 59.9 Å². The van der Waals surface area contributed by atoms with Gasteiger partial charge in [0, 0.05) is 31.4 Å². The number of rotatable bonds is 3. The number of para-hydroxylation sites is 1. The zero-order valence-electron chi connectivity index (χ0n) is 18.3. The van der Waals surface area contributed by atoms with Gasteiger partial charge >= 0.3 is 6.09 Å². The van der Waals surface area contributed by atoms with Crippen molar-refractivity contribution in [3.05, 3.63) is 28.9 Å². The second-order valence-electron chi connectivity index (χ2n) is 9.96. The largest absolute Gasteiger partial charge is 0.444 e. The summed E-state index contributed by atoms with van der Waals surface area (Å²) >= 11 is 6.35. The molecule has 1 aromatic carbocycles. The SMILES string of the molecule is Cn1nc(C(C)(C)NC(=O)C2[C@H]3CN(C(=O)OC(C)(C)C)C[C@@H]23)c2cccc(Cl)c21. The Morgan fingerprint density at radius 2 is 1.80 bits per heavy atom. The van der Waals surface area contributed by atoms with E-state index in [-0.39, 0.29) is 29.8 Å². The number of aryl methyl sites for hydroxylation is 1. The summed E-state index contributed by atoms with van der Waals surface area (Å²) in [5.74, 6) is 0.340. The van der Waals surface area contributed by atoms with Crippen LogP contribution < -0.4 is 5.32 Å². The minimum absolute atomic E-state index is 0.0136. The number of aromatic nitrogens is 2. The van der Waals surface area contributed by atoms with Crippen molar-refractivity contribution < 1.29 is 14.3 Å². The monoisotopic (exact) mass is 432 g/mol. The molecule has 2 aliphatic rings. The Morgan fingerprint density at radius 3 is 2.40 bits per heavy atom. The topological polar surface area (TPSA) is 76.5 Å². The van der Waals surface area contributed by atoms with E-state index >= 15 is 0 Å². The van der Waals surface area contributed by atoms with Crippen LogP contribution in [0.3, 0.4) is 0 Å². The van der Waals surface area contributed by atoms with Crippen LogP contribution in [-0.4, -0.2) is 45.4 Å². The van der Waals surface area contributed by atoms with E-state index in [1.54, 1.807) is 9.58 Å². The van der Waals surface area contributed by atoms with Crippen molar-refractivity contribution in [3.8, 4) is 0 Å². The minimum atomic E-state index is -0.650. The van der Waals surface area contributed by atoms with Gasteiger partial charge < -0.3 is 15.0 Å². The number of nitrogens with one attached hydrogen (secondary N) is 1. The quantitative estimate of drug-likeness (QED) is 0.802. The molecule has 2 fully saturated rings. The minimum Gasteiger partial charge on any atom is -0.444 e. The van der Waals surface area contributed by atoms with Crippen molar-refractivity contribution in [1.29, 1.82) is 0 Å². The molecule has 2 amide bonds. The summed E-state index contributed by atoms with van der Waals surface area (Å²) in [6.45, 7) is 10.6. The number of fused-ring (bicyclic) bond motifs is 2. The van der Waals surface area contributed by atoms with E-state index in [0.29, 0.717) is 18.1 Å². The van der Waals surface area contributed by atoms with Crippen molar-refractivity contribution >= 4 is 34.5 Å². The number of ether oxygens (including phenoxy) is 1. The Hall–Kier alpha value is -2.28. The number of nitrogens with zero attached hydrogens (tertiary/aromatic N) is 3. The first-order valence-electron chi connectivity index (χ1n) is 10.3. The summed E-state index contributed by atoms with van der Waals surface area (Å²) in [6.07, 6.45) is -0.300. The normalized spacial score (nSPS) is 23.4. The summed E-state index contributed by atoms with van der Waals surface area (Å²) in [5, 5.41) is 9.39. The van der Waals surface area contributed by atoms with Crippen molar-refractivity contribution in [2.75, 3.05) is 13.1 Å². The highest BCUT2D eigenvalue weighted by Gasteiger charge is 2.61. The van der Waals surface area contributed by atoms with Crippen molar-refractivity contribution in [2.24, 2.45) is 24.8 Å². The fourth-order valence-corrected chi connectivity index (χ4v) is 4.89. The predicted molar refractivity (Wildman–Crippen MR) is 115 cm³/mol. The Labute approximate surface area is 181 Å². The molecule has 8 heteroatoms. The lowest BCUT2D eigenvalue weighted by Gasteiger charge is -2.27. The highest BCUT2D eigenvalue weighted by molar-refractivity contribution is 6.35. The van der Waals surface area contributed by atoms with E-state index in [2.05, 4.69) is 10.4 Å². The molecule has 0 radical (unpaired) electrons. The maximum Gasteiger partial charge on any atom is 0.410 e. The third kappa shape index (κ3) is 3.64.